The Labute approximate surface area is 220 Å². The molecule has 1 aromatic heterocycles. The van der Waals surface area contributed by atoms with E-state index in [-0.39, 0.29) is 22.6 Å². The van der Waals surface area contributed by atoms with Gasteiger partial charge in [-0.25, -0.2) is 12.4 Å². The summed E-state index contributed by atoms with van der Waals surface area (Å²) in [5, 5.41) is 4.04. The SMILES string of the molecule is O=C(/C=C1\Nc2ccccc2C(=O)N2CCC[C@@H]12)/C=C/c1cn(S(=O)(=O)c2ccccc2)c2ccccc12. The van der Waals surface area contributed by atoms with Crippen LogP contribution in [0.25, 0.3) is 17.0 Å². The third-order valence-electron chi connectivity index (χ3n) is 7.04. The summed E-state index contributed by atoms with van der Waals surface area (Å²) in [5.41, 5.74) is 3.11. The van der Waals surface area contributed by atoms with E-state index >= 15 is 0 Å². The van der Waals surface area contributed by atoms with Gasteiger partial charge in [0.25, 0.3) is 15.9 Å². The lowest BCUT2D eigenvalue weighted by Gasteiger charge is -2.23. The zero-order valence-electron chi connectivity index (χ0n) is 20.4. The lowest BCUT2D eigenvalue weighted by molar-refractivity contribution is -0.110. The Morgan fingerprint density at radius 2 is 1.68 bits per heavy atom. The van der Waals surface area contributed by atoms with Crippen molar-refractivity contribution in [3.8, 4) is 0 Å². The molecule has 1 N–H and O–H groups in total. The summed E-state index contributed by atoms with van der Waals surface area (Å²) in [6, 6.07) is 22.6. The Bertz CT molecular complexity index is 1740. The molecule has 190 valence electrons. The maximum absolute atomic E-state index is 13.3. The van der Waals surface area contributed by atoms with Crippen LogP contribution in [0.15, 0.2) is 108 Å². The van der Waals surface area contributed by atoms with Gasteiger partial charge in [0, 0.05) is 35.5 Å². The monoisotopic (exact) mass is 523 g/mol. The number of benzene rings is 3. The standard InChI is InChI=1S/C30H25N3O4S/c34-22(19-27-29-15-8-18-32(29)30(35)25-12-4-6-13-26(25)31-27)17-16-21-20-33(28-14-7-5-11-24(21)28)38(36,37)23-9-2-1-3-10-23/h1-7,9-14,16-17,19-20,29,31H,8,15,18H2/b17-16+,27-19-/t29-/m0/s1. The molecule has 4 aromatic rings. The summed E-state index contributed by atoms with van der Waals surface area (Å²) < 4.78 is 28.0. The van der Waals surface area contributed by atoms with Gasteiger partial charge in [-0.15, -0.1) is 0 Å². The predicted molar refractivity (Wildman–Crippen MR) is 147 cm³/mol. The number of carbonyl (C=O) groups excluding carboxylic acids is 2. The van der Waals surface area contributed by atoms with Gasteiger partial charge >= 0.3 is 0 Å². The Morgan fingerprint density at radius 3 is 2.53 bits per heavy atom. The number of nitrogens with zero attached hydrogens (tertiary/aromatic N) is 2. The molecule has 0 radical (unpaired) electrons. The largest absolute Gasteiger partial charge is 0.356 e. The van der Waals surface area contributed by atoms with Gasteiger partial charge in [0.1, 0.15) is 0 Å². The molecule has 1 fully saturated rings. The summed E-state index contributed by atoms with van der Waals surface area (Å²) in [7, 11) is -3.82. The highest BCUT2D eigenvalue weighted by Crippen LogP contribution is 2.33. The quantitative estimate of drug-likeness (QED) is 0.369. The summed E-state index contributed by atoms with van der Waals surface area (Å²) in [4.78, 5) is 28.2. The summed E-state index contributed by atoms with van der Waals surface area (Å²) in [5.74, 6) is -0.289. The minimum Gasteiger partial charge on any atom is -0.356 e. The Morgan fingerprint density at radius 1 is 0.947 bits per heavy atom. The first-order chi connectivity index (χ1) is 18.4. The van der Waals surface area contributed by atoms with Gasteiger partial charge in [0.15, 0.2) is 5.78 Å². The lowest BCUT2D eigenvalue weighted by Crippen LogP contribution is -2.36. The number of carbonyl (C=O) groups is 2. The van der Waals surface area contributed by atoms with E-state index in [0.29, 0.717) is 34.6 Å². The topological polar surface area (TPSA) is 88.5 Å². The zero-order valence-corrected chi connectivity index (χ0v) is 21.3. The molecule has 0 saturated carbocycles. The number of hydrogen-bond acceptors (Lipinski definition) is 5. The molecule has 2 aliphatic rings. The fraction of sp³-hybridized carbons (Fsp3) is 0.133. The van der Waals surface area contributed by atoms with Crippen molar-refractivity contribution in [2.24, 2.45) is 0 Å². The van der Waals surface area contributed by atoms with Crippen molar-refractivity contribution in [3.05, 3.63) is 114 Å². The van der Waals surface area contributed by atoms with Crippen molar-refractivity contribution < 1.29 is 18.0 Å². The molecule has 3 heterocycles. The van der Waals surface area contributed by atoms with Crippen molar-refractivity contribution >= 4 is 44.4 Å². The van der Waals surface area contributed by atoms with Crippen molar-refractivity contribution in [1.29, 1.82) is 0 Å². The van der Waals surface area contributed by atoms with E-state index in [2.05, 4.69) is 5.32 Å². The number of allylic oxidation sites excluding steroid dienone is 2. The third kappa shape index (κ3) is 4.13. The number of hydrogen-bond donors (Lipinski definition) is 1. The fourth-order valence-corrected chi connectivity index (χ4v) is 6.62. The molecule has 6 rings (SSSR count). The van der Waals surface area contributed by atoms with Crippen LogP contribution in [-0.4, -0.2) is 41.6 Å². The highest BCUT2D eigenvalue weighted by atomic mass is 32.2. The average Bonchev–Trinajstić information content (AvgIpc) is 3.55. The third-order valence-corrected chi connectivity index (χ3v) is 8.73. The van der Waals surface area contributed by atoms with Crippen molar-refractivity contribution in [1.82, 2.24) is 8.87 Å². The normalized spacial score (nSPS) is 18.4. The Hall–Kier alpha value is -4.43. The number of aromatic nitrogens is 1. The first-order valence-corrected chi connectivity index (χ1v) is 13.9. The fourth-order valence-electron chi connectivity index (χ4n) is 5.22. The van der Waals surface area contributed by atoms with Crippen LogP contribution in [0.1, 0.15) is 28.8 Å². The van der Waals surface area contributed by atoms with Crippen LogP contribution in [-0.2, 0) is 14.8 Å². The summed E-state index contributed by atoms with van der Waals surface area (Å²) in [6.07, 6.45) is 7.81. The smallest absolute Gasteiger partial charge is 0.268 e. The van der Waals surface area contributed by atoms with Crippen LogP contribution in [0.5, 0.6) is 0 Å². The number of nitrogens with one attached hydrogen (secondary N) is 1. The maximum atomic E-state index is 13.3. The lowest BCUT2D eigenvalue weighted by atomic mass is 10.1. The number of para-hydroxylation sites is 2. The molecule has 0 spiro atoms. The molecule has 3 aromatic carbocycles. The van der Waals surface area contributed by atoms with Crippen molar-refractivity contribution in [3.63, 3.8) is 0 Å². The van der Waals surface area contributed by atoms with E-state index in [4.69, 9.17) is 0 Å². The number of rotatable bonds is 5. The first kappa shape index (κ1) is 23.9. The molecule has 8 heteroatoms. The second-order valence-corrected chi connectivity index (χ2v) is 11.2. The van der Waals surface area contributed by atoms with E-state index in [0.717, 1.165) is 18.2 Å². The first-order valence-electron chi connectivity index (χ1n) is 12.4. The van der Waals surface area contributed by atoms with Gasteiger partial charge in [-0.2, -0.15) is 0 Å². The van der Waals surface area contributed by atoms with Crippen molar-refractivity contribution in [2.45, 2.75) is 23.8 Å². The highest BCUT2D eigenvalue weighted by Gasteiger charge is 2.36. The predicted octanol–water partition coefficient (Wildman–Crippen LogP) is 5.07. The van der Waals surface area contributed by atoms with Crippen LogP contribution in [0.2, 0.25) is 0 Å². The van der Waals surface area contributed by atoms with Gasteiger partial charge in [0.05, 0.1) is 27.7 Å². The van der Waals surface area contributed by atoms with Crippen molar-refractivity contribution in [2.75, 3.05) is 11.9 Å². The number of fused-ring (bicyclic) bond motifs is 3. The minimum atomic E-state index is -3.82. The van der Waals surface area contributed by atoms with Gasteiger partial charge in [0.2, 0.25) is 0 Å². The zero-order chi connectivity index (χ0) is 26.3. The molecule has 0 aliphatic carbocycles. The van der Waals surface area contributed by atoms with E-state index < -0.39 is 10.0 Å². The van der Waals surface area contributed by atoms with Gasteiger partial charge < -0.3 is 10.2 Å². The molecule has 2 aliphatic heterocycles. The average molecular weight is 524 g/mol. The van der Waals surface area contributed by atoms with E-state index in [1.807, 2.05) is 35.2 Å². The summed E-state index contributed by atoms with van der Waals surface area (Å²) >= 11 is 0. The number of ketones is 1. The molecular weight excluding hydrogens is 498 g/mol. The second kappa shape index (κ2) is 9.46. The number of anilines is 1. The molecule has 38 heavy (non-hydrogen) atoms. The minimum absolute atomic E-state index is 0.0329. The van der Waals surface area contributed by atoms with Gasteiger partial charge in [-0.3, -0.25) is 9.59 Å². The molecule has 1 saturated heterocycles. The van der Waals surface area contributed by atoms with Crippen LogP contribution < -0.4 is 5.32 Å². The maximum Gasteiger partial charge on any atom is 0.268 e. The molecule has 0 bridgehead atoms. The molecule has 0 unspecified atom stereocenters. The second-order valence-electron chi connectivity index (χ2n) is 9.38. The van der Waals surface area contributed by atoms with Crippen LogP contribution >= 0.6 is 0 Å². The molecule has 1 amide bonds. The summed E-state index contributed by atoms with van der Waals surface area (Å²) in [6.45, 7) is 0.649. The Kier molecular flexibility index (Phi) is 5.96. The number of amides is 1. The molecule has 1 atom stereocenters. The molecule has 7 nitrogen and oxygen atoms in total. The van der Waals surface area contributed by atoms with E-state index in [1.54, 1.807) is 60.8 Å². The van der Waals surface area contributed by atoms with Crippen LogP contribution in [0.3, 0.4) is 0 Å². The van der Waals surface area contributed by atoms with Gasteiger partial charge in [-0.1, -0.05) is 48.5 Å². The van der Waals surface area contributed by atoms with Gasteiger partial charge in [-0.05, 0) is 55.3 Å². The van der Waals surface area contributed by atoms with E-state index in [9.17, 15) is 18.0 Å². The molecular formula is C30H25N3O4S. The Balaban J connectivity index is 1.34. The van der Waals surface area contributed by atoms with E-state index in [1.165, 1.54) is 16.1 Å². The van der Waals surface area contributed by atoms with Crippen LogP contribution in [0.4, 0.5) is 5.69 Å². The van der Waals surface area contributed by atoms with Crippen LogP contribution in [0, 0.1) is 0 Å². The highest BCUT2D eigenvalue weighted by molar-refractivity contribution is 7.90.